The Hall–Kier alpha value is -3.93. The lowest BCUT2D eigenvalue weighted by Crippen LogP contribution is -2.30. The molecule has 0 aromatic heterocycles. The summed E-state index contributed by atoms with van der Waals surface area (Å²) in [6.07, 6.45) is 92.3. The molecule has 0 fully saturated rings. The van der Waals surface area contributed by atoms with E-state index < -0.39 is 6.10 Å². The molecule has 0 rings (SSSR count). The number of hydrogen-bond donors (Lipinski definition) is 0. The molecule has 0 aromatic rings. The molecular formula is C74H126O6. The lowest BCUT2D eigenvalue weighted by atomic mass is 10.1. The van der Waals surface area contributed by atoms with E-state index in [4.69, 9.17) is 14.2 Å². The number of unbranched alkanes of at least 4 members (excludes halogenated alkanes) is 32. The Balaban J connectivity index is 4.42. The van der Waals surface area contributed by atoms with Crippen LogP contribution in [0.25, 0.3) is 0 Å². The summed E-state index contributed by atoms with van der Waals surface area (Å²) in [6, 6.07) is 0. The van der Waals surface area contributed by atoms with Gasteiger partial charge in [-0.15, -0.1) is 0 Å². The minimum absolute atomic E-state index is 0.0891. The number of hydrogen-bond acceptors (Lipinski definition) is 6. The maximum atomic E-state index is 13.0. The molecule has 0 aromatic carbocycles. The third-order valence-corrected chi connectivity index (χ3v) is 14.5. The van der Waals surface area contributed by atoms with Crippen molar-refractivity contribution in [3.63, 3.8) is 0 Å². The Kier molecular flexibility index (Phi) is 64.3. The Morgan fingerprint density at radius 1 is 0.263 bits per heavy atom. The number of carbonyl (C=O) groups excluding carboxylic acids is 3. The zero-order valence-electron chi connectivity index (χ0n) is 52.6. The quantitative estimate of drug-likeness (QED) is 0.0261. The molecule has 0 aliphatic heterocycles. The predicted octanol–water partition coefficient (Wildman–Crippen LogP) is 23.4. The van der Waals surface area contributed by atoms with Crippen LogP contribution in [0.1, 0.15) is 323 Å². The molecule has 6 heteroatoms. The summed E-state index contributed by atoms with van der Waals surface area (Å²) in [5.74, 6) is -0.905. The fourth-order valence-electron chi connectivity index (χ4n) is 9.41. The van der Waals surface area contributed by atoms with Gasteiger partial charge in [-0.05, 0) is 128 Å². The third-order valence-electron chi connectivity index (χ3n) is 14.5. The lowest BCUT2D eigenvalue weighted by Gasteiger charge is -2.18. The van der Waals surface area contributed by atoms with Crippen molar-refractivity contribution in [2.75, 3.05) is 13.2 Å². The average Bonchev–Trinajstić information content (AvgIpc) is 3.46. The van der Waals surface area contributed by atoms with Crippen molar-refractivity contribution in [1.29, 1.82) is 0 Å². The van der Waals surface area contributed by atoms with E-state index in [1.165, 1.54) is 161 Å². The van der Waals surface area contributed by atoms with Crippen LogP contribution in [0.3, 0.4) is 0 Å². The minimum atomic E-state index is -0.794. The second-order valence-electron chi connectivity index (χ2n) is 22.3. The van der Waals surface area contributed by atoms with Crippen molar-refractivity contribution >= 4 is 17.9 Å². The van der Waals surface area contributed by atoms with Crippen LogP contribution in [-0.4, -0.2) is 37.2 Å². The van der Waals surface area contributed by atoms with Crippen molar-refractivity contribution < 1.29 is 28.6 Å². The van der Waals surface area contributed by atoms with Gasteiger partial charge in [-0.3, -0.25) is 14.4 Å². The van der Waals surface area contributed by atoms with E-state index in [1.807, 2.05) is 0 Å². The van der Waals surface area contributed by atoms with Crippen LogP contribution in [0.15, 0.2) is 109 Å². The van der Waals surface area contributed by atoms with E-state index in [-0.39, 0.29) is 31.1 Å². The topological polar surface area (TPSA) is 78.9 Å². The van der Waals surface area contributed by atoms with Crippen LogP contribution in [0.5, 0.6) is 0 Å². The first-order chi connectivity index (χ1) is 39.5. The highest BCUT2D eigenvalue weighted by molar-refractivity contribution is 5.71. The van der Waals surface area contributed by atoms with E-state index in [9.17, 15) is 14.4 Å². The van der Waals surface area contributed by atoms with Crippen molar-refractivity contribution in [1.82, 2.24) is 0 Å². The second kappa shape index (κ2) is 67.6. The number of rotatable bonds is 61. The number of ether oxygens (including phenoxy) is 3. The van der Waals surface area contributed by atoms with Crippen LogP contribution < -0.4 is 0 Å². The maximum absolute atomic E-state index is 13.0. The molecule has 80 heavy (non-hydrogen) atoms. The van der Waals surface area contributed by atoms with E-state index in [2.05, 4.69) is 130 Å². The summed E-state index contributed by atoms with van der Waals surface area (Å²) < 4.78 is 17.0. The summed E-state index contributed by atoms with van der Waals surface area (Å²) >= 11 is 0. The van der Waals surface area contributed by atoms with Crippen LogP contribution in [0, 0.1) is 0 Å². The van der Waals surface area contributed by atoms with Crippen molar-refractivity contribution in [3.8, 4) is 0 Å². The van der Waals surface area contributed by atoms with Gasteiger partial charge in [0.25, 0.3) is 0 Å². The molecule has 0 amide bonds. The maximum Gasteiger partial charge on any atom is 0.306 e. The molecule has 1 atom stereocenters. The minimum Gasteiger partial charge on any atom is -0.462 e. The number of carbonyl (C=O) groups is 3. The first kappa shape index (κ1) is 76.1. The van der Waals surface area contributed by atoms with Crippen molar-refractivity contribution in [2.24, 2.45) is 0 Å². The van der Waals surface area contributed by atoms with Gasteiger partial charge in [0.15, 0.2) is 6.10 Å². The Labute approximate surface area is 495 Å². The zero-order chi connectivity index (χ0) is 57.8. The molecule has 1 unspecified atom stereocenters. The van der Waals surface area contributed by atoms with E-state index in [1.54, 1.807) is 0 Å². The van der Waals surface area contributed by atoms with Crippen LogP contribution in [-0.2, 0) is 28.6 Å². The fourth-order valence-corrected chi connectivity index (χ4v) is 9.41. The molecule has 0 spiro atoms. The summed E-state index contributed by atoms with van der Waals surface area (Å²) in [7, 11) is 0. The lowest BCUT2D eigenvalue weighted by molar-refractivity contribution is -0.167. The van der Waals surface area contributed by atoms with Crippen LogP contribution >= 0.6 is 0 Å². The van der Waals surface area contributed by atoms with Gasteiger partial charge < -0.3 is 14.2 Å². The monoisotopic (exact) mass is 1110 g/mol. The number of allylic oxidation sites excluding steroid dienone is 18. The van der Waals surface area contributed by atoms with Crippen LogP contribution in [0.4, 0.5) is 0 Å². The first-order valence-corrected chi connectivity index (χ1v) is 33.9. The van der Waals surface area contributed by atoms with Gasteiger partial charge in [0.2, 0.25) is 0 Å². The Morgan fingerprint density at radius 3 is 0.775 bits per heavy atom. The molecule has 0 aliphatic carbocycles. The molecule has 0 saturated carbocycles. The largest absolute Gasteiger partial charge is 0.462 e. The number of esters is 3. The fraction of sp³-hybridized carbons (Fsp3) is 0.716. The average molecular weight is 1110 g/mol. The first-order valence-electron chi connectivity index (χ1n) is 33.9. The Morgan fingerprint density at radius 2 is 0.487 bits per heavy atom. The molecule has 0 aliphatic rings. The van der Waals surface area contributed by atoms with Gasteiger partial charge >= 0.3 is 17.9 Å². The second-order valence-corrected chi connectivity index (χ2v) is 22.3. The molecule has 0 radical (unpaired) electrons. The van der Waals surface area contributed by atoms with Gasteiger partial charge in [-0.2, -0.15) is 0 Å². The smallest absolute Gasteiger partial charge is 0.306 e. The Bertz CT molecular complexity index is 1610. The molecule has 458 valence electrons. The summed E-state index contributed by atoms with van der Waals surface area (Å²) in [6.45, 7) is 6.52. The van der Waals surface area contributed by atoms with Gasteiger partial charge in [-0.1, -0.05) is 284 Å². The normalized spacial score (nSPS) is 12.8. The predicted molar refractivity (Wildman–Crippen MR) is 348 cm³/mol. The highest BCUT2D eigenvalue weighted by Crippen LogP contribution is 2.16. The molecule has 0 bridgehead atoms. The van der Waals surface area contributed by atoms with E-state index in [0.29, 0.717) is 19.3 Å². The molecule has 0 heterocycles. The van der Waals surface area contributed by atoms with E-state index >= 15 is 0 Å². The standard InChI is InChI=1S/C74H126O6/c1-4-7-10-13-16-19-22-25-28-31-33-35-37-39-41-43-46-49-52-55-58-61-64-67-73(76)79-70-71(69-78-72(75)66-63-60-57-54-51-48-45-30-27-24-21-18-15-12-9-6-3)80-74(77)68-65-62-59-56-53-50-47-44-42-40-38-36-34-32-29-26-23-20-17-14-11-8-5-2/h7,10,16,19,23,25-26,28,30,32-35,38-41,45,71H,4-6,8-9,11-15,17-18,20-22,24,27,29,31,36-37,42-44,46-70H2,1-3H3/b10-7-,19-16-,26-23-,28-25-,34-32-,35-33-,40-38-,41-39-,45-30-. The van der Waals surface area contributed by atoms with Gasteiger partial charge in [-0.25, -0.2) is 0 Å². The van der Waals surface area contributed by atoms with Crippen molar-refractivity contribution in [2.45, 2.75) is 329 Å². The summed E-state index contributed by atoms with van der Waals surface area (Å²) in [5.41, 5.74) is 0. The highest BCUT2D eigenvalue weighted by Gasteiger charge is 2.19. The summed E-state index contributed by atoms with van der Waals surface area (Å²) in [4.78, 5) is 38.4. The van der Waals surface area contributed by atoms with Gasteiger partial charge in [0.1, 0.15) is 13.2 Å². The zero-order valence-corrected chi connectivity index (χ0v) is 52.6. The SMILES string of the molecule is CC/C=C\C/C=C\C/C=C\C/C=C\C/C=C\CCCCCCCCCC(=O)OCC(COC(=O)CCCCCCC/C=C\CCCCCCCCC)OC(=O)CCCCCCCCCC/C=C\C/C=C\C/C=C\CCCCCCC. The third kappa shape index (κ3) is 64.9. The van der Waals surface area contributed by atoms with E-state index in [0.717, 1.165) is 122 Å². The summed E-state index contributed by atoms with van der Waals surface area (Å²) in [5, 5.41) is 0. The highest BCUT2D eigenvalue weighted by atomic mass is 16.6. The van der Waals surface area contributed by atoms with Crippen LogP contribution in [0.2, 0.25) is 0 Å². The molecule has 0 saturated heterocycles. The molecular weight excluding hydrogens is 985 g/mol. The van der Waals surface area contributed by atoms with Crippen molar-refractivity contribution in [3.05, 3.63) is 109 Å². The van der Waals surface area contributed by atoms with Gasteiger partial charge in [0.05, 0.1) is 0 Å². The molecule has 0 N–H and O–H groups in total. The van der Waals surface area contributed by atoms with Gasteiger partial charge in [0, 0.05) is 19.3 Å². The molecule has 6 nitrogen and oxygen atoms in total.